The number of aryl methyl sites for hydroxylation is 1. The van der Waals surface area contributed by atoms with Crippen LogP contribution in [0.1, 0.15) is 73.4 Å². The van der Waals surface area contributed by atoms with Gasteiger partial charge < -0.3 is 5.11 Å². The van der Waals surface area contributed by atoms with Crippen LogP contribution in [0.2, 0.25) is 0 Å². The molecule has 3 aromatic carbocycles. The van der Waals surface area contributed by atoms with Crippen molar-refractivity contribution in [3.63, 3.8) is 0 Å². The van der Waals surface area contributed by atoms with E-state index in [2.05, 4.69) is 27.7 Å². The third kappa shape index (κ3) is 4.51. The standard InChI is InChI=1S/C30H30FNO3/c1-17(2)20-6-8-22(9-7-20)27-26(28(33)23-12-15-25(31)19(5)16-23)29(34)30(35)32(27)24-13-10-21(11-14-24)18(3)4/h6-18,27,33H,1-5H3/b28-26-. The molecule has 180 valence electrons. The first-order valence-electron chi connectivity index (χ1n) is 11.9. The smallest absolute Gasteiger partial charge is 0.300 e. The van der Waals surface area contributed by atoms with Crippen LogP contribution in [0.4, 0.5) is 10.1 Å². The Balaban J connectivity index is 1.91. The molecule has 4 rings (SSSR count). The molecule has 1 heterocycles. The van der Waals surface area contributed by atoms with Gasteiger partial charge in [-0.1, -0.05) is 64.1 Å². The van der Waals surface area contributed by atoms with E-state index in [4.69, 9.17) is 0 Å². The Morgan fingerprint density at radius 2 is 1.40 bits per heavy atom. The summed E-state index contributed by atoms with van der Waals surface area (Å²) in [5, 5.41) is 11.2. The lowest BCUT2D eigenvalue weighted by Gasteiger charge is -2.26. The number of nitrogens with zero attached hydrogens (tertiary/aromatic N) is 1. The molecule has 1 unspecified atom stereocenters. The molecule has 4 nitrogen and oxygen atoms in total. The number of halogens is 1. The van der Waals surface area contributed by atoms with Gasteiger partial charge in [-0.15, -0.1) is 0 Å². The normalized spacial score (nSPS) is 17.6. The van der Waals surface area contributed by atoms with Gasteiger partial charge >= 0.3 is 0 Å². The molecule has 1 aliphatic heterocycles. The SMILES string of the molecule is Cc1cc(/C(O)=C2/C(=O)C(=O)N(c3ccc(C(C)C)cc3)C2c2ccc(C(C)C)cc2)ccc1F. The average Bonchev–Trinajstić information content (AvgIpc) is 3.10. The van der Waals surface area contributed by atoms with Crippen LogP contribution in [0.25, 0.3) is 5.76 Å². The van der Waals surface area contributed by atoms with E-state index in [0.717, 1.165) is 11.1 Å². The molecular formula is C30H30FNO3. The maximum atomic E-state index is 13.9. The number of benzene rings is 3. The van der Waals surface area contributed by atoms with Gasteiger partial charge in [-0.3, -0.25) is 14.5 Å². The highest BCUT2D eigenvalue weighted by Gasteiger charge is 2.47. The van der Waals surface area contributed by atoms with E-state index in [9.17, 15) is 19.1 Å². The van der Waals surface area contributed by atoms with Gasteiger partial charge in [0.25, 0.3) is 11.7 Å². The number of aliphatic hydroxyl groups excluding tert-OH is 1. The molecule has 0 radical (unpaired) electrons. The number of carbonyl (C=O) groups excluding carboxylic acids is 2. The fraction of sp³-hybridized carbons (Fsp3) is 0.267. The van der Waals surface area contributed by atoms with Crippen LogP contribution in [0, 0.1) is 12.7 Å². The molecule has 0 saturated carbocycles. The van der Waals surface area contributed by atoms with Crippen LogP contribution in [0.15, 0.2) is 72.3 Å². The fourth-order valence-electron chi connectivity index (χ4n) is 4.44. The van der Waals surface area contributed by atoms with Crippen molar-refractivity contribution in [3.8, 4) is 0 Å². The molecule has 35 heavy (non-hydrogen) atoms. The molecule has 0 aromatic heterocycles. The van der Waals surface area contributed by atoms with Gasteiger partial charge in [-0.25, -0.2) is 4.39 Å². The Bertz CT molecular complexity index is 1300. The van der Waals surface area contributed by atoms with Crippen LogP contribution < -0.4 is 4.90 Å². The second-order valence-electron chi connectivity index (χ2n) is 9.70. The lowest BCUT2D eigenvalue weighted by molar-refractivity contribution is -0.132. The number of Topliss-reactive ketones (excluding diaryl/α,β-unsaturated/α-hetero) is 1. The summed E-state index contributed by atoms with van der Waals surface area (Å²) in [5.74, 6) is -1.56. The van der Waals surface area contributed by atoms with Gasteiger partial charge in [-0.2, -0.15) is 0 Å². The van der Waals surface area contributed by atoms with Gasteiger partial charge in [0.2, 0.25) is 0 Å². The number of anilines is 1. The van der Waals surface area contributed by atoms with Gasteiger partial charge in [0.15, 0.2) is 0 Å². The van der Waals surface area contributed by atoms with Gasteiger partial charge in [0.1, 0.15) is 11.6 Å². The summed E-state index contributed by atoms with van der Waals surface area (Å²) >= 11 is 0. The van der Waals surface area contributed by atoms with E-state index in [-0.39, 0.29) is 11.3 Å². The molecule has 1 saturated heterocycles. The molecule has 3 aromatic rings. The zero-order valence-electron chi connectivity index (χ0n) is 20.7. The van der Waals surface area contributed by atoms with Gasteiger partial charge in [0, 0.05) is 11.3 Å². The monoisotopic (exact) mass is 471 g/mol. The van der Waals surface area contributed by atoms with Crippen LogP contribution in [-0.4, -0.2) is 16.8 Å². The number of carbonyl (C=O) groups is 2. The Labute approximate surface area is 205 Å². The first-order valence-corrected chi connectivity index (χ1v) is 11.9. The van der Waals surface area contributed by atoms with Gasteiger partial charge in [0.05, 0.1) is 11.6 Å². The maximum absolute atomic E-state index is 13.9. The first-order chi connectivity index (χ1) is 16.6. The number of amides is 1. The predicted octanol–water partition coefficient (Wildman–Crippen LogP) is 7.01. The van der Waals surface area contributed by atoms with Crippen LogP contribution in [0.5, 0.6) is 0 Å². The van der Waals surface area contributed by atoms with Crippen molar-refractivity contribution in [2.45, 2.75) is 52.5 Å². The maximum Gasteiger partial charge on any atom is 0.300 e. The highest BCUT2D eigenvalue weighted by atomic mass is 19.1. The molecule has 0 spiro atoms. The van der Waals surface area contributed by atoms with Gasteiger partial charge in [-0.05, 0) is 71.3 Å². The summed E-state index contributed by atoms with van der Waals surface area (Å²) in [6, 6.07) is 18.6. The quantitative estimate of drug-likeness (QED) is 0.247. The highest BCUT2D eigenvalue weighted by Crippen LogP contribution is 2.42. The average molecular weight is 472 g/mol. The van der Waals surface area contributed by atoms with Crippen molar-refractivity contribution in [3.05, 3.63) is 106 Å². The second-order valence-corrected chi connectivity index (χ2v) is 9.70. The topological polar surface area (TPSA) is 57.6 Å². The summed E-state index contributed by atoms with van der Waals surface area (Å²) in [7, 11) is 0. The van der Waals surface area contributed by atoms with Crippen molar-refractivity contribution in [2.24, 2.45) is 0 Å². The summed E-state index contributed by atoms with van der Waals surface area (Å²) in [5.41, 5.74) is 4.15. The van der Waals surface area contributed by atoms with Crippen molar-refractivity contribution in [1.82, 2.24) is 0 Å². The summed E-state index contributed by atoms with van der Waals surface area (Å²) in [6.07, 6.45) is 0. The Hall–Kier alpha value is -3.73. The minimum Gasteiger partial charge on any atom is -0.507 e. The molecule has 1 atom stereocenters. The molecule has 1 amide bonds. The minimum absolute atomic E-state index is 0.00811. The molecule has 1 N–H and O–H groups in total. The first kappa shape index (κ1) is 24.4. The van der Waals surface area contributed by atoms with E-state index in [1.165, 1.54) is 23.1 Å². The zero-order valence-corrected chi connectivity index (χ0v) is 20.7. The van der Waals surface area contributed by atoms with E-state index >= 15 is 0 Å². The number of hydrogen-bond donors (Lipinski definition) is 1. The van der Waals surface area contributed by atoms with Crippen molar-refractivity contribution >= 4 is 23.1 Å². The number of rotatable bonds is 5. The van der Waals surface area contributed by atoms with Crippen molar-refractivity contribution < 1.29 is 19.1 Å². The summed E-state index contributed by atoms with van der Waals surface area (Å²) in [6.45, 7) is 9.94. The largest absolute Gasteiger partial charge is 0.507 e. The van der Waals surface area contributed by atoms with E-state index in [1.807, 2.05) is 48.5 Å². The third-order valence-corrected chi connectivity index (χ3v) is 6.63. The molecule has 1 aliphatic rings. The molecule has 0 bridgehead atoms. The number of ketones is 1. The minimum atomic E-state index is -0.813. The van der Waals surface area contributed by atoms with Crippen molar-refractivity contribution in [2.75, 3.05) is 4.90 Å². The Morgan fingerprint density at radius 3 is 1.91 bits per heavy atom. The van der Waals surface area contributed by atoms with E-state index < -0.39 is 23.5 Å². The zero-order chi connectivity index (χ0) is 25.4. The number of hydrogen-bond acceptors (Lipinski definition) is 3. The Morgan fingerprint density at radius 1 is 0.857 bits per heavy atom. The fourth-order valence-corrected chi connectivity index (χ4v) is 4.44. The predicted molar refractivity (Wildman–Crippen MR) is 137 cm³/mol. The second kappa shape index (κ2) is 9.49. The lowest BCUT2D eigenvalue weighted by atomic mass is 9.92. The van der Waals surface area contributed by atoms with E-state index in [0.29, 0.717) is 34.2 Å². The molecule has 0 aliphatic carbocycles. The Kier molecular flexibility index (Phi) is 6.62. The third-order valence-electron chi connectivity index (χ3n) is 6.63. The molecule has 1 fully saturated rings. The van der Waals surface area contributed by atoms with Crippen LogP contribution in [0.3, 0.4) is 0 Å². The molecular weight excluding hydrogens is 441 g/mol. The highest BCUT2D eigenvalue weighted by molar-refractivity contribution is 6.51. The number of aliphatic hydroxyl groups is 1. The summed E-state index contributed by atoms with van der Waals surface area (Å²) in [4.78, 5) is 28.1. The molecule has 5 heteroatoms. The summed E-state index contributed by atoms with van der Waals surface area (Å²) < 4.78 is 13.9. The van der Waals surface area contributed by atoms with E-state index in [1.54, 1.807) is 6.92 Å². The van der Waals surface area contributed by atoms with Crippen LogP contribution >= 0.6 is 0 Å². The van der Waals surface area contributed by atoms with Crippen LogP contribution in [-0.2, 0) is 9.59 Å². The lowest BCUT2D eigenvalue weighted by Crippen LogP contribution is -2.29. The van der Waals surface area contributed by atoms with Crippen molar-refractivity contribution in [1.29, 1.82) is 0 Å².